The Morgan fingerprint density at radius 2 is 1.64 bits per heavy atom. The Morgan fingerprint density at radius 3 is 2.11 bits per heavy atom. The molecule has 6 heteroatoms. The monoisotopic (exact) mass is 396 g/mol. The van der Waals surface area contributed by atoms with Gasteiger partial charge in [-0.1, -0.05) is 32.9 Å². The van der Waals surface area contributed by atoms with Crippen LogP contribution in [0.1, 0.15) is 101 Å². The molecule has 0 spiro atoms. The fourth-order valence-electron chi connectivity index (χ4n) is 3.44. The van der Waals surface area contributed by atoms with E-state index in [1.54, 1.807) is 6.92 Å². The van der Waals surface area contributed by atoms with Crippen LogP contribution >= 0.6 is 0 Å². The number of carbonyl (C=O) groups excluding carboxylic acids is 1. The average Bonchev–Trinajstić information content (AvgIpc) is 2.96. The van der Waals surface area contributed by atoms with Crippen LogP contribution in [0.25, 0.3) is 0 Å². The molecule has 0 aliphatic heterocycles. The summed E-state index contributed by atoms with van der Waals surface area (Å²) < 4.78 is 7.85. The standard InChI is InChI=1S/C20H38N4O2.C2H6/c1-15(25)12-20(8,9)26-11-10-19(6,7)24-13-16(22-23-24)17(2,3)14-18(4,5)21;1-2/h13H,10-12,14,21H2,1-9H3;1-2H3. The first kappa shape index (κ1) is 26.7. The maximum atomic E-state index is 11.3. The normalized spacial score (nSPS) is 13.1. The molecule has 0 saturated heterocycles. The van der Waals surface area contributed by atoms with Crippen LogP contribution in [0.3, 0.4) is 0 Å². The minimum atomic E-state index is -0.440. The maximum absolute atomic E-state index is 11.3. The van der Waals surface area contributed by atoms with Gasteiger partial charge in [0.25, 0.3) is 0 Å². The number of Topliss-reactive ketones (excluding diaryl/α,β-unsaturated/α-hetero) is 1. The summed E-state index contributed by atoms with van der Waals surface area (Å²) in [5.41, 5.74) is 6.06. The number of ketones is 1. The second kappa shape index (κ2) is 9.97. The average molecular weight is 397 g/mol. The van der Waals surface area contributed by atoms with E-state index in [9.17, 15) is 4.79 Å². The SMILES string of the molecule is CC.CC(=O)CC(C)(C)OCCC(C)(C)n1cc(C(C)(C)CC(C)(C)N)nn1. The fourth-order valence-corrected chi connectivity index (χ4v) is 3.44. The molecule has 0 aliphatic carbocycles. The number of nitrogens with two attached hydrogens (primary N) is 1. The van der Waals surface area contributed by atoms with Crippen LogP contribution in [0, 0.1) is 0 Å². The van der Waals surface area contributed by atoms with Crippen molar-refractivity contribution in [3.63, 3.8) is 0 Å². The van der Waals surface area contributed by atoms with Crippen molar-refractivity contribution in [2.75, 3.05) is 6.61 Å². The molecule has 1 aromatic heterocycles. The van der Waals surface area contributed by atoms with Crippen molar-refractivity contribution >= 4 is 5.78 Å². The highest BCUT2D eigenvalue weighted by molar-refractivity contribution is 5.76. The third-order valence-corrected chi connectivity index (χ3v) is 4.59. The molecule has 0 unspecified atom stereocenters. The lowest BCUT2D eigenvalue weighted by atomic mass is 9.78. The third-order valence-electron chi connectivity index (χ3n) is 4.59. The quantitative estimate of drug-likeness (QED) is 0.624. The first-order valence-electron chi connectivity index (χ1n) is 10.4. The van der Waals surface area contributed by atoms with Gasteiger partial charge in [-0.25, -0.2) is 4.68 Å². The summed E-state index contributed by atoms with van der Waals surface area (Å²) in [5.74, 6) is 0.139. The number of nitrogens with zero attached hydrogens (tertiary/aromatic N) is 3. The van der Waals surface area contributed by atoms with Gasteiger partial charge >= 0.3 is 0 Å². The van der Waals surface area contributed by atoms with E-state index in [0.29, 0.717) is 13.0 Å². The summed E-state index contributed by atoms with van der Waals surface area (Å²) in [6.07, 6.45) is 4.04. The molecular weight excluding hydrogens is 352 g/mol. The second-order valence-corrected chi connectivity index (χ2v) is 10.1. The number of hydrogen-bond acceptors (Lipinski definition) is 5. The van der Waals surface area contributed by atoms with Crippen LogP contribution in [-0.4, -0.2) is 38.5 Å². The lowest BCUT2D eigenvalue weighted by Gasteiger charge is -2.31. The molecule has 0 fully saturated rings. The van der Waals surface area contributed by atoms with Gasteiger partial charge in [0.2, 0.25) is 0 Å². The van der Waals surface area contributed by atoms with Crippen LogP contribution < -0.4 is 5.73 Å². The smallest absolute Gasteiger partial charge is 0.132 e. The number of hydrogen-bond donors (Lipinski definition) is 1. The van der Waals surface area contributed by atoms with E-state index < -0.39 is 5.60 Å². The predicted octanol–water partition coefficient (Wildman–Crippen LogP) is 4.61. The third kappa shape index (κ3) is 9.28. The Morgan fingerprint density at radius 1 is 1.11 bits per heavy atom. The minimum Gasteiger partial charge on any atom is -0.375 e. The van der Waals surface area contributed by atoms with Crippen LogP contribution in [0.5, 0.6) is 0 Å². The Kier molecular flexibility index (Phi) is 9.52. The first-order valence-corrected chi connectivity index (χ1v) is 10.4. The molecule has 164 valence electrons. The molecule has 28 heavy (non-hydrogen) atoms. The first-order chi connectivity index (χ1) is 12.5. The van der Waals surface area contributed by atoms with Crippen molar-refractivity contribution in [2.24, 2.45) is 5.73 Å². The Labute approximate surface area is 172 Å². The van der Waals surface area contributed by atoms with Crippen LogP contribution in [0.2, 0.25) is 0 Å². The number of rotatable bonds is 10. The zero-order chi connectivity index (χ0) is 22.4. The molecule has 0 atom stereocenters. The molecule has 1 aromatic rings. The topological polar surface area (TPSA) is 83.0 Å². The Balaban J connectivity index is 0.00000352. The van der Waals surface area contributed by atoms with Gasteiger partial charge in [0.1, 0.15) is 5.78 Å². The second-order valence-electron chi connectivity index (χ2n) is 10.1. The fraction of sp³-hybridized carbons (Fsp3) is 0.864. The van der Waals surface area contributed by atoms with Gasteiger partial charge in [-0.3, -0.25) is 4.79 Å². The number of ether oxygens (including phenoxy) is 1. The zero-order valence-electron chi connectivity index (χ0n) is 20.1. The molecule has 0 aromatic carbocycles. The molecule has 0 saturated carbocycles. The summed E-state index contributed by atoms with van der Waals surface area (Å²) in [4.78, 5) is 11.3. The van der Waals surface area contributed by atoms with Crippen molar-refractivity contribution in [2.45, 2.75) is 118 Å². The summed E-state index contributed by atoms with van der Waals surface area (Å²) in [7, 11) is 0. The van der Waals surface area contributed by atoms with Crippen LogP contribution in [0.15, 0.2) is 6.20 Å². The van der Waals surface area contributed by atoms with E-state index in [-0.39, 0.29) is 22.3 Å². The molecule has 0 amide bonds. The Bertz CT molecular complexity index is 610. The zero-order valence-corrected chi connectivity index (χ0v) is 20.1. The van der Waals surface area contributed by atoms with E-state index >= 15 is 0 Å². The van der Waals surface area contributed by atoms with Crippen molar-refractivity contribution in [1.82, 2.24) is 15.0 Å². The van der Waals surface area contributed by atoms with Gasteiger partial charge < -0.3 is 10.5 Å². The van der Waals surface area contributed by atoms with Crippen LogP contribution in [0.4, 0.5) is 0 Å². The molecule has 0 bridgehead atoms. The molecule has 0 radical (unpaired) electrons. The molecule has 6 nitrogen and oxygen atoms in total. The van der Waals surface area contributed by atoms with E-state index in [1.165, 1.54) is 0 Å². The van der Waals surface area contributed by atoms with Gasteiger partial charge in [-0.15, -0.1) is 5.10 Å². The maximum Gasteiger partial charge on any atom is 0.132 e. The highest BCUT2D eigenvalue weighted by atomic mass is 16.5. The van der Waals surface area contributed by atoms with E-state index in [4.69, 9.17) is 10.5 Å². The summed E-state index contributed by atoms with van der Waals surface area (Å²) in [6.45, 7) is 22.6. The summed E-state index contributed by atoms with van der Waals surface area (Å²) >= 11 is 0. The van der Waals surface area contributed by atoms with Crippen molar-refractivity contribution in [1.29, 1.82) is 0 Å². The van der Waals surface area contributed by atoms with Gasteiger partial charge in [-0.2, -0.15) is 0 Å². The van der Waals surface area contributed by atoms with Gasteiger partial charge in [-0.05, 0) is 61.3 Å². The molecular formula is C22H44N4O2. The number of carbonyl (C=O) groups is 1. The largest absolute Gasteiger partial charge is 0.375 e. The van der Waals surface area contributed by atoms with E-state index in [2.05, 4.69) is 38.0 Å². The molecule has 2 N–H and O–H groups in total. The van der Waals surface area contributed by atoms with Gasteiger partial charge in [0.05, 0.1) is 16.8 Å². The molecule has 1 rings (SSSR count). The van der Waals surface area contributed by atoms with Crippen molar-refractivity contribution in [3.8, 4) is 0 Å². The predicted molar refractivity (Wildman–Crippen MR) is 117 cm³/mol. The summed E-state index contributed by atoms with van der Waals surface area (Å²) in [5, 5.41) is 8.77. The van der Waals surface area contributed by atoms with Gasteiger partial charge in [0, 0.05) is 30.2 Å². The van der Waals surface area contributed by atoms with Crippen molar-refractivity contribution in [3.05, 3.63) is 11.9 Å². The van der Waals surface area contributed by atoms with Crippen molar-refractivity contribution < 1.29 is 9.53 Å². The lowest BCUT2D eigenvalue weighted by molar-refractivity contribution is -0.123. The Hall–Kier alpha value is -1.27. The van der Waals surface area contributed by atoms with E-state index in [0.717, 1.165) is 18.5 Å². The van der Waals surface area contributed by atoms with E-state index in [1.807, 2.05) is 52.4 Å². The highest BCUT2D eigenvalue weighted by Crippen LogP contribution is 2.31. The van der Waals surface area contributed by atoms with Crippen LogP contribution in [-0.2, 0) is 20.5 Å². The lowest BCUT2D eigenvalue weighted by Crippen LogP contribution is -2.39. The summed E-state index contributed by atoms with van der Waals surface area (Å²) in [6, 6.07) is 0. The minimum absolute atomic E-state index is 0.139. The number of aromatic nitrogens is 3. The highest BCUT2D eigenvalue weighted by Gasteiger charge is 2.32. The molecule has 1 heterocycles. The van der Waals surface area contributed by atoms with Gasteiger partial charge in [0.15, 0.2) is 0 Å². The molecule has 0 aliphatic rings.